The lowest BCUT2D eigenvalue weighted by molar-refractivity contribution is -0.152. The third kappa shape index (κ3) is 4.68. The van der Waals surface area contributed by atoms with Crippen LogP contribution in [0.25, 0.3) is 11.0 Å². The van der Waals surface area contributed by atoms with Gasteiger partial charge in [0.2, 0.25) is 17.6 Å². The van der Waals surface area contributed by atoms with Crippen molar-refractivity contribution in [3.63, 3.8) is 0 Å². The van der Waals surface area contributed by atoms with Crippen molar-refractivity contribution in [2.24, 2.45) is 5.41 Å². The minimum absolute atomic E-state index is 0.0686. The molecule has 0 saturated carbocycles. The summed E-state index contributed by atoms with van der Waals surface area (Å²) in [7, 11) is 0. The van der Waals surface area contributed by atoms with Crippen LogP contribution in [0.3, 0.4) is 0 Å². The van der Waals surface area contributed by atoms with Gasteiger partial charge in [0.1, 0.15) is 11.7 Å². The quantitative estimate of drug-likeness (QED) is 0.578. The van der Waals surface area contributed by atoms with Gasteiger partial charge in [0.15, 0.2) is 0 Å². The summed E-state index contributed by atoms with van der Waals surface area (Å²) in [4.78, 5) is 37.4. The molecule has 32 heavy (non-hydrogen) atoms. The van der Waals surface area contributed by atoms with Crippen molar-refractivity contribution < 1.29 is 9.59 Å². The summed E-state index contributed by atoms with van der Waals surface area (Å²) < 4.78 is 1.99. The Labute approximate surface area is 187 Å². The third-order valence-electron chi connectivity index (χ3n) is 5.34. The summed E-state index contributed by atoms with van der Waals surface area (Å²) in [6.45, 7) is 8.06. The van der Waals surface area contributed by atoms with Crippen molar-refractivity contribution >= 4 is 22.8 Å². The first kappa shape index (κ1) is 21.7. The Balaban J connectivity index is 1.59. The molecule has 3 aromatic rings. The molecule has 3 heterocycles. The van der Waals surface area contributed by atoms with Gasteiger partial charge < -0.3 is 4.57 Å². The number of carbonyl (C=O) groups is 2. The Morgan fingerprint density at radius 3 is 2.38 bits per heavy atom. The SMILES string of the molecule is CC(C)(C)Cn1c(CN2C(=O)CN(Cc3ccccc3)CC2=O)cc2cnc(C#N)nc21. The second-order valence-corrected chi connectivity index (χ2v) is 9.37. The molecule has 1 aliphatic heterocycles. The molecule has 164 valence electrons. The van der Waals surface area contributed by atoms with Crippen LogP contribution in [0.2, 0.25) is 0 Å². The standard InChI is InChI=1S/C24H26N6O2/c1-24(2,3)16-30-19(9-18-11-26-20(10-25)27-23(18)30)13-29-21(31)14-28(15-22(29)32)12-17-7-5-4-6-8-17/h4-9,11H,12-16H2,1-3H3. The van der Waals surface area contributed by atoms with E-state index in [0.29, 0.717) is 18.7 Å². The van der Waals surface area contributed by atoms with E-state index < -0.39 is 0 Å². The second kappa shape index (κ2) is 8.52. The largest absolute Gasteiger partial charge is 0.327 e. The molecule has 8 heteroatoms. The Bertz CT molecular complexity index is 1180. The zero-order valence-electron chi connectivity index (χ0n) is 18.6. The number of imide groups is 1. The number of hydrogen-bond acceptors (Lipinski definition) is 6. The van der Waals surface area contributed by atoms with E-state index in [9.17, 15) is 14.9 Å². The van der Waals surface area contributed by atoms with E-state index in [-0.39, 0.29) is 42.7 Å². The van der Waals surface area contributed by atoms with Gasteiger partial charge in [-0.3, -0.25) is 19.4 Å². The first-order chi connectivity index (χ1) is 15.2. The Kier molecular flexibility index (Phi) is 5.76. The highest BCUT2D eigenvalue weighted by Crippen LogP contribution is 2.26. The fraction of sp³-hybridized carbons (Fsp3) is 0.375. The number of benzene rings is 1. The smallest absolute Gasteiger partial charge is 0.243 e. The highest BCUT2D eigenvalue weighted by Gasteiger charge is 2.32. The van der Waals surface area contributed by atoms with Crippen molar-refractivity contribution in [1.82, 2.24) is 24.3 Å². The molecule has 0 unspecified atom stereocenters. The van der Waals surface area contributed by atoms with Crippen LogP contribution in [-0.4, -0.2) is 49.2 Å². The number of piperazine rings is 1. The fourth-order valence-corrected chi connectivity index (χ4v) is 3.97. The molecule has 0 atom stereocenters. The number of amides is 2. The van der Waals surface area contributed by atoms with E-state index in [1.165, 1.54) is 4.90 Å². The first-order valence-corrected chi connectivity index (χ1v) is 10.6. The zero-order valence-corrected chi connectivity index (χ0v) is 18.6. The maximum atomic E-state index is 12.9. The molecule has 0 aliphatic carbocycles. The molecule has 2 aromatic heterocycles. The predicted molar refractivity (Wildman–Crippen MR) is 119 cm³/mol. The minimum atomic E-state index is -0.214. The van der Waals surface area contributed by atoms with Crippen LogP contribution in [0.5, 0.6) is 0 Å². The Morgan fingerprint density at radius 2 is 1.75 bits per heavy atom. The van der Waals surface area contributed by atoms with Crippen LogP contribution in [-0.2, 0) is 29.2 Å². The highest BCUT2D eigenvalue weighted by molar-refractivity contribution is 5.99. The molecule has 1 aromatic carbocycles. The second-order valence-electron chi connectivity index (χ2n) is 9.37. The van der Waals surface area contributed by atoms with Gasteiger partial charge in [0.25, 0.3) is 0 Å². The highest BCUT2D eigenvalue weighted by atomic mass is 16.2. The molecule has 0 radical (unpaired) electrons. The van der Waals surface area contributed by atoms with Crippen LogP contribution >= 0.6 is 0 Å². The molecule has 1 saturated heterocycles. The summed E-state index contributed by atoms with van der Waals surface area (Å²) in [6.07, 6.45) is 1.62. The molecule has 1 aliphatic rings. The van der Waals surface area contributed by atoms with Gasteiger partial charge in [-0.15, -0.1) is 0 Å². The van der Waals surface area contributed by atoms with Gasteiger partial charge >= 0.3 is 0 Å². The summed E-state index contributed by atoms with van der Waals surface area (Å²) in [5.41, 5.74) is 2.45. The van der Waals surface area contributed by atoms with Gasteiger partial charge in [0.05, 0.1) is 19.6 Å². The molecule has 2 amide bonds. The lowest BCUT2D eigenvalue weighted by Gasteiger charge is -2.33. The van der Waals surface area contributed by atoms with E-state index in [4.69, 9.17) is 0 Å². The van der Waals surface area contributed by atoms with Gasteiger partial charge in [-0.05, 0) is 17.0 Å². The van der Waals surface area contributed by atoms with E-state index in [0.717, 1.165) is 16.6 Å². The minimum Gasteiger partial charge on any atom is -0.327 e. The number of nitriles is 1. The van der Waals surface area contributed by atoms with Crippen molar-refractivity contribution in [3.8, 4) is 6.07 Å². The lowest BCUT2D eigenvalue weighted by Crippen LogP contribution is -2.53. The molecule has 4 rings (SSSR count). The van der Waals surface area contributed by atoms with E-state index >= 15 is 0 Å². The van der Waals surface area contributed by atoms with Crippen LogP contribution in [0.15, 0.2) is 42.6 Å². The average molecular weight is 431 g/mol. The average Bonchev–Trinajstić information content (AvgIpc) is 3.06. The summed E-state index contributed by atoms with van der Waals surface area (Å²) in [6, 6.07) is 13.7. The Morgan fingerprint density at radius 1 is 1.06 bits per heavy atom. The van der Waals surface area contributed by atoms with E-state index in [2.05, 4.69) is 30.7 Å². The number of aromatic nitrogens is 3. The monoisotopic (exact) mass is 430 g/mol. The van der Waals surface area contributed by atoms with Gasteiger partial charge in [-0.2, -0.15) is 5.26 Å². The topological polar surface area (TPSA) is 95.1 Å². The van der Waals surface area contributed by atoms with Crippen molar-refractivity contribution in [3.05, 3.63) is 59.7 Å². The molecule has 0 N–H and O–H groups in total. The summed E-state index contributed by atoms with van der Waals surface area (Å²) in [5.74, 6) is -0.332. The van der Waals surface area contributed by atoms with E-state index in [1.54, 1.807) is 6.20 Å². The first-order valence-electron chi connectivity index (χ1n) is 10.6. The van der Waals surface area contributed by atoms with Crippen LogP contribution in [0.1, 0.15) is 37.9 Å². The van der Waals surface area contributed by atoms with Gasteiger partial charge in [-0.1, -0.05) is 51.1 Å². The Hall–Kier alpha value is -3.57. The number of fused-ring (bicyclic) bond motifs is 1. The predicted octanol–water partition coefficient (Wildman–Crippen LogP) is 2.72. The van der Waals surface area contributed by atoms with Gasteiger partial charge in [-0.25, -0.2) is 9.97 Å². The summed E-state index contributed by atoms with van der Waals surface area (Å²) in [5, 5.41) is 9.99. The number of hydrogen-bond donors (Lipinski definition) is 0. The van der Waals surface area contributed by atoms with Crippen molar-refractivity contribution in [1.29, 1.82) is 5.26 Å². The van der Waals surface area contributed by atoms with E-state index in [1.807, 2.05) is 51.9 Å². The summed E-state index contributed by atoms with van der Waals surface area (Å²) >= 11 is 0. The molecule has 0 spiro atoms. The maximum absolute atomic E-state index is 12.9. The fourth-order valence-electron chi connectivity index (χ4n) is 3.97. The number of rotatable bonds is 5. The molecular weight excluding hydrogens is 404 g/mol. The lowest BCUT2D eigenvalue weighted by atomic mass is 9.97. The van der Waals surface area contributed by atoms with Crippen LogP contribution < -0.4 is 0 Å². The van der Waals surface area contributed by atoms with Crippen molar-refractivity contribution in [2.45, 2.75) is 40.4 Å². The normalized spacial score (nSPS) is 15.4. The zero-order chi connectivity index (χ0) is 22.9. The molecular formula is C24H26N6O2. The van der Waals surface area contributed by atoms with Gasteiger partial charge in [0, 0.05) is 30.4 Å². The van der Waals surface area contributed by atoms with Crippen LogP contribution in [0.4, 0.5) is 0 Å². The third-order valence-corrected chi connectivity index (χ3v) is 5.34. The van der Waals surface area contributed by atoms with Crippen molar-refractivity contribution in [2.75, 3.05) is 13.1 Å². The molecule has 1 fully saturated rings. The molecule has 8 nitrogen and oxygen atoms in total. The molecule has 0 bridgehead atoms. The van der Waals surface area contributed by atoms with Crippen LogP contribution in [0, 0.1) is 16.7 Å². The maximum Gasteiger partial charge on any atom is 0.243 e. The number of carbonyl (C=O) groups excluding carboxylic acids is 2. The number of nitrogens with zero attached hydrogens (tertiary/aromatic N) is 6.